The van der Waals surface area contributed by atoms with Gasteiger partial charge in [-0.15, -0.1) is 0 Å². The third-order valence-corrected chi connectivity index (χ3v) is 3.80. The number of hydrogen-bond acceptors (Lipinski definition) is 3. The second-order valence-electron chi connectivity index (χ2n) is 3.43. The number of aryl methyl sites for hydroxylation is 1. The Kier molecular flexibility index (Phi) is 2.59. The van der Waals surface area contributed by atoms with Crippen molar-refractivity contribution in [2.75, 3.05) is 7.11 Å². The summed E-state index contributed by atoms with van der Waals surface area (Å²) in [5.74, 6) is 0.590. The molecule has 0 saturated heterocycles. The lowest BCUT2D eigenvalue weighted by Gasteiger charge is -2.04. The number of H-pyrrole nitrogens is 1. The predicted octanol–water partition coefficient (Wildman–Crippen LogP) is 2.41. The van der Waals surface area contributed by atoms with Crippen LogP contribution >= 0.6 is 10.7 Å². The van der Waals surface area contributed by atoms with Gasteiger partial charge in [0.25, 0.3) is 9.05 Å². The molecule has 0 aliphatic heterocycles. The number of benzene rings is 1. The van der Waals surface area contributed by atoms with Gasteiger partial charge >= 0.3 is 0 Å². The van der Waals surface area contributed by atoms with Gasteiger partial charge in [0.2, 0.25) is 0 Å². The first-order valence-electron chi connectivity index (χ1n) is 4.54. The molecule has 0 fully saturated rings. The quantitative estimate of drug-likeness (QED) is 0.843. The molecule has 0 atom stereocenters. The third kappa shape index (κ3) is 1.66. The molecular formula is C10H10ClNO3S. The normalized spacial score (nSPS) is 11.9. The molecule has 2 rings (SSSR count). The second kappa shape index (κ2) is 3.68. The van der Waals surface area contributed by atoms with Crippen LogP contribution in [0.4, 0.5) is 0 Å². The fourth-order valence-electron chi connectivity index (χ4n) is 1.72. The van der Waals surface area contributed by atoms with Crippen LogP contribution in [0.25, 0.3) is 10.9 Å². The van der Waals surface area contributed by atoms with Crippen molar-refractivity contribution in [1.82, 2.24) is 4.98 Å². The molecular weight excluding hydrogens is 250 g/mol. The highest BCUT2D eigenvalue weighted by Crippen LogP contribution is 2.33. The molecule has 1 aromatic carbocycles. The first-order chi connectivity index (χ1) is 7.45. The van der Waals surface area contributed by atoms with E-state index in [9.17, 15) is 8.42 Å². The van der Waals surface area contributed by atoms with Crippen LogP contribution in [0.1, 0.15) is 5.56 Å². The summed E-state index contributed by atoms with van der Waals surface area (Å²) >= 11 is 0. The molecule has 0 aliphatic carbocycles. The fourth-order valence-corrected chi connectivity index (χ4v) is 2.79. The van der Waals surface area contributed by atoms with Gasteiger partial charge in [0.1, 0.15) is 10.6 Å². The molecule has 2 aromatic rings. The summed E-state index contributed by atoms with van der Waals surface area (Å²) in [7, 11) is 3.14. The third-order valence-electron chi connectivity index (χ3n) is 2.45. The summed E-state index contributed by atoms with van der Waals surface area (Å²) < 4.78 is 27.9. The lowest BCUT2D eigenvalue weighted by Crippen LogP contribution is -1.90. The molecule has 6 heteroatoms. The predicted molar refractivity (Wildman–Crippen MR) is 62.6 cm³/mol. The highest BCUT2D eigenvalue weighted by Gasteiger charge is 2.19. The number of ether oxygens (including phenoxy) is 1. The number of aromatic nitrogens is 1. The SMILES string of the molecule is COc1ccc(C)c2c(S(=O)(=O)Cl)c[nH]c12. The number of hydrogen-bond donors (Lipinski definition) is 1. The average molecular weight is 260 g/mol. The zero-order valence-electron chi connectivity index (χ0n) is 8.74. The van der Waals surface area contributed by atoms with Crippen LogP contribution in [0.15, 0.2) is 23.2 Å². The van der Waals surface area contributed by atoms with Crippen molar-refractivity contribution in [2.24, 2.45) is 0 Å². The van der Waals surface area contributed by atoms with E-state index in [1.165, 1.54) is 13.3 Å². The summed E-state index contributed by atoms with van der Waals surface area (Å²) in [4.78, 5) is 2.95. The van der Waals surface area contributed by atoms with Crippen molar-refractivity contribution in [3.05, 3.63) is 23.9 Å². The molecule has 4 nitrogen and oxygen atoms in total. The van der Waals surface area contributed by atoms with Crippen LogP contribution < -0.4 is 4.74 Å². The lowest BCUT2D eigenvalue weighted by molar-refractivity contribution is 0.419. The topological polar surface area (TPSA) is 59.2 Å². The van der Waals surface area contributed by atoms with Gasteiger partial charge in [-0.3, -0.25) is 0 Å². The maximum absolute atomic E-state index is 11.4. The molecule has 0 amide bonds. The summed E-state index contributed by atoms with van der Waals surface area (Å²) in [5.41, 5.74) is 1.47. The molecule has 0 aliphatic rings. The Morgan fingerprint density at radius 1 is 1.38 bits per heavy atom. The van der Waals surface area contributed by atoms with Crippen molar-refractivity contribution in [3.8, 4) is 5.75 Å². The lowest BCUT2D eigenvalue weighted by atomic mass is 10.1. The van der Waals surface area contributed by atoms with Gasteiger partial charge in [-0.25, -0.2) is 8.42 Å². The van der Waals surface area contributed by atoms with E-state index in [0.29, 0.717) is 16.7 Å². The van der Waals surface area contributed by atoms with Crippen molar-refractivity contribution in [1.29, 1.82) is 0 Å². The van der Waals surface area contributed by atoms with Crippen molar-refractivity contribution in [2.45, 2.75) is 11.8 Å². The molecule has 1 N–H and O–H groups in total. The first-order valence-corrected chi connectivity index (χ1v) is 6.85. The van der Waals surface area contributed by atoms with E-state index in [1.54, 1.807) is 12.1 Å². The molecule has 86 valence electrons. The van der Waals surface area contributed by atoms with Gasteiger partial charge in [0.15, 0.2) is 0 Å². The maximum Gasteiger partial charge on any atom is 0.263 e. The van der Waals surface area contributed by atoms with Gasteiger partial charge in [-0.05, 0) is 18.6 Å². The zero-order valence-corrected chi connectivity index (χ0v) is 10.3. The molecule has 0 unspecified atom stereocenters. The maximum atomic E-state index is 11.4. The van der Waals surface area contributed by atoms with E-state index < -0.39 is 9.05 Å². The van der Waals surface area contributed by atoms with Gasteiger partial charge < -0.3 is 9.72 Å². The summed E-state index contributed by atoms with van der Waals surface area (Å²) in [5, 5.41) is 0.578. The van der Waals surface area contributed by atoms with E-state index in [2.05, 4.69) is 4.98 Å². The minimum absolute atomic E-state index is 0.0839. The first kappa shape index (κ1) is 11.3. The van der Waals surface area contributed by atoms with E-state index in [-0.39, 0.29) is 4.90 Å². The highest BCUT2D eigenvalue weighted by molar-refractivity contribution is 8.14. The van der Waals surface area contributed by atoms with Crippen LogP contribution in [0.5, 0.6) is 5.75 Å². The Balaban J connectivity index is 2.92. The molecule has 0 saturated carbocycles. The highest BCUT2D eigenvalue weighted by atomic mass is 35.7. The minimum atomic E-state index is -3.75. The van der Waals surface area contributed by atoms with E-state index in [1.807, 2.05) is 6.92 Å². The van der Waals surface area contributed by atoms with E-state index in [0.717, 1.165) is 5.56 Å². The van der Waals surface area contributed by atoms with Crippen LogP contribution in [-0.4, -0.2) is 20.5 Å². The Morgan fingerprint density at radius 3 is 2.62 bits per heavy atom. The standard InChI is InChI=1S/C10H10ClNO3S/c1-6-3-4-7(15-2)10-9(6)8(5-12-10)16(11,13)14/h3-5,12H,1-2H3. The molecule has 0 spiro atoms. The molecule has 1 heterocycles. The number of nitrogens with one attached hydrogen (secondary N) is 1. The number of halogens is 1. The van der Waals surface area contributed by atoms with Crippen molar-refractivity contribution < 1.29 is 13.2 Å². The van der Waals surface area contributed by atoms with Crippen molar-refractivity contribution >= 4 is 30.6 Å². The Labute approximate surface area is 97.6 Å². The second-order valence-corrected chi connectivity index (χ2v) is 5.96. The molecule has 16 heavy (non-hydrogen) atoms. The Bertz CT molecular complexity index is 645. The van der Waals surface area contributed by atoms with Crippen LogP contribution in [0.3, 0.4) is 0 Å². The fraction of sp³-hybridized carbons (Fsp3) is 0.200. The number of aromatic amines is 1. The monoisotopic (exact) mass is 259 g/mol. The average Bonchev–Trinajstić information content (AvgIpc) is 2.63. The van der Waals surface area contributed by atoms with Gasteiger partial charge in [0, 0.05) is 22.3 Å². The van der Waals surface area contributed by atoms with Crippen LogP contribution in [-0.2, 0) is 9.05 Å². The zero-order chi connectivity index (χ0) is 11.9. The largest absolute Gasteiger partial charge is 0.495 e. The van der Waals surface area contributed by atoms with Gasteiger partial charge in [0.05, 0.1) is 12.6 Å². The van der Waals surface area contributed by atoms with Crippen molar-refractivity contribution in [3.63, 3.8) is 0 Å². The van der Waals surface area contributed by atoms with Gasteiger partial charge in [-0.2, -0.15) is 0 Å². The molecule has 0 radical (unpaired) electrons. The Hall–Kier alpha value is -1.20. The number of methoxy groups -OCH3 is 1. The smallest absolute Gasteiger partial charge is 0.263 e. The van der Waals surface area contributed by atoms with E-state index in [4.69, 9.17) is 15.4 Å². The summed E-state index contributed by atoms with van der Waals surface area (Å²) in [6.45, 7) is 1.82. The summed E-state index contributed by atoms with van der Waals surface area (Å²) in [6.07, 6.45) is 1.38. The molecule has 0 bridgehead atoms. The van der Waals surface area contributed by atoms with Gasteiger partial charge in [-0.1, -0.05) is 6.07 Å². The number of rotatable bonds is 2. The Morgan fingerprint density at radius 2 is 2.06 bits per heavy atom. The minimum Gasteiger partial charge on any atom is -0.495 e. The summed E-state index contributed by atoms with van der Waals surface area (Å²) in [6, 6.07) is 3.57. The van der Waals surface area contributed by atoms with Crippen LogP contribution in [0.2, 0.25) is 0 Å². The molecule has 1 aromatic heterocycles. The van der Waals surface area contributed by atoms with E-state index >= 15 is 0 Å². The number of fused-ring (bicyclic) bond motifs is 1. The van der Waals surface area contributed by atoms with Crippen LogP contribution in [0, 0.1) is 6.92 Å².